The largest absolute Gasteiger partial charge is 0.433 e. The van der Waals surface area contributed by atoms with E-state index in [0.29, 0.717) is 35.3 Å². The van der Waals surface area contributed by atoms with Gasteiger partial charge >= 0.3 is 6.18 Å². The standard InChI is InChI=1S/C15H21F3N2O/c1-4-6-10-8-12(14(19)15(16,17)18)9(3)11(7-5-2)13(10)21-20/h8,19H,4-7,20H2,1-3H3. The van der Waals surface area contributed by atoms with Gasteiger partial charge in [0, 0.05) is 11.1 Å². The number of hydrogen-bond acceptors (Lipinski definition) is 3. The van der Waals surface area contributed by atoms with Crippen LogP contribution < -0.4 is 10.7 Å². The average molecular weight is 302 g/mol. The fraction of sp³-hybridized carbons (Fsp3) is 0.533. The highest BCUT2D eigenvalue weighted by Crippen LogP contribution is 2.34. The van der Waals surface area contributed by atoms with Gasteiger partial charge in [0.2, 0.25) is 0 Å². The Balaban J connectivity index is 3.55. The van der Waals surface area contributed by atoms with E-state index in [-0.39, 0.29) is 5.56 Å². The van der Waals surface area contributed by atoms with E-state index in [4.69, 9.17) is 16.1 Å². The summed E-state index contributed by atoms with van der Waals surface area (Å²) in [5, 5.41) is 7.41. The molecule has 1 rings (SSSR count). The molecule has 3 nitrogen and oxygen atoms in total. The number of rotatable bonds is 6. The predicted molar refractivity (Wildman–Crippen MR) is 76.9 cm³/mol. The summed E-state index contributed by atoms with van der Waals surface area (Å²) < 4.78 is 38.6. The van der Waals surface area contributed by atoms with E-state index in [1.54, 1.807) is 6.92 Å². The molecular formula is C15H21F3N2O. The van der Waals surface area contributed by atoms with E-state index >= 15 is 0 Å². The first-order chi connectivity index (χ1) is 9.77. The number of alkyl halides is 3. The van der Waals surface area contributed by atoms with Gasteiger partial charge in [0.15, 0.2) is 5.75 Å². The van der Waals surface area contributed by atoms with Crippen LogP contribution in [0.15, 0.2) is 6.07 Å². The molecule has 6 heteroatoms. The van der Waals surface area contributed by atoms with Crippen LogP contribution in [0.2, 0.25) is 0 Å². The number of hydrogen-bond donors (Lipinski definition) is 2. The highest BCUT2D eigenvalue weighted by Gasteiger charge is 2.37. The lowest BCUT2D eigenvalue weighted by Gasteiger charge is -2.20. The summed E-state index contributed by atoms with van der Waals surface area (Å²) in [7, 11) is 0. The lowest BCUT2D eigenvalue weighted by Crippen LogP contribution is -2.25. The second-order valence-corrected chi connectivity index (χ2v) is 5.01. The maximum atomic E-state index is 12.9. The van der Waals surface area contributed by atoms with Crippen LogP contribution in [0, 0.1) is 12.3 Å². The first-order valence-electron chi connectivity index (χ1n) is 6.96. The maximum Gasteiger partial charge on any atom is 0.433 e. The Bertz CT molecular complexity index is 525. The molecule has 0 heterocycles. The molecule has 0 spiro atoms. The fourth-order valence-electron chi connectivity index (χ4n) is 2.44. The van der Waals surface area contributed by atoms with Gasteiger partial charge in [0.25, 0.3) is 0 Å². The first-order valence-corrected chi connectivity index (χ1v) is 6.96. The molecule has 0 radical (unpaired) electrons. The molecule has 0 aliphatic heterocycles. The van der Waals surface area contributed by atoms with Gasteiger partial charge in [-0.2, -0.15) is 19.1 Å². The van der Waals surface area contributed by atoms with Gasteiger partial charge in [-0.3, -0.25) is 5.41 Å². The summed E-state index contributed by atoms with van der Waals surface area (Å²) in [6, 6.07) is 1.38. The van der Waals surface area contributed by atoms with E-state index in [2.05, 4.69) is 0 Å². The number of halogens is 3. The summed E-state index contributed by atoms with van der Waals surface area (Å²) in [6.45, 7) is 5.44. The minimum Gasteiger partial charge on any atom is -0.411 e. The zero-order valence-electron chi connectivity index (χ0n) is 12.5. The van der Waals surface area contributed by atoms with Crippen molar-refractivity contribution < 1.29 is 18.0 Å². The van der Waals surface area contributed by atoms with Gasteiger partial charge in [-0.25, -0.2) is 0 Å². The molecule has 3 N–H and O–H groups in total. The van der Waals surface area contributed by atoms with Gasteiger partial charge in [-0.15, -0.1) is 0 Å². The highest BCUT2D eigenvalue weighted by atomic mass is 19.4. The minimum absolute atomic E-state index is 0.0878. The van der Waals surface area contributed by atoms with Crippen LogP contribution in [0.25, 0.3) is 0 Å². The quantitative estimate of drug-likeness (QED) is 0.614. The molecule has 1 aromatic rings. The normalized spacial score (nSPS) is 11.6. The van der Waals surface area contributed by atoms with Gasteiger partial charge in [-0.05, 0) is 37.0 Å². The van der Waals surface area contributed by atoms with Crippen LogP contribution in [-0.4, -0.2) is 11.9 Å². The van der Waals surface area contributed by atoms with Crippen molar-refractivity contribution >= 4 is 5.71 Å². The summed E-state index contributed by atoms with van der Waals surface area (Å²) in [5.41, 5.74) is 0.293. The van der Waals surface area contributed by atoms with Crippen molar-refractivity contribution in [2.75, 3.05) is 0 Å². The smallest absolute Gasteiger partial charge is 0.411 e. The average Bonchev–Trinajstić information content (AvgIpc) is 2.41. The molecule has 0 saturated carbocycles. The van der Waals surface area contributed by atoms with Crippen molar-refractivity contribution in [3.8, 4) is 5.75 Å². The Kier molecular flexibility index (Phi) is 5.78. The third-order valence-electron chi connectivity index (χ3n) is 3.43. The van der Waals surface area contributed by atoms with E-state index in [1.807, 2.05) is 13.8 Å². The second-order valence-electron chi connectivity index (χ2n) is 5.01. The molecule has 0 aromatic heterocycles. The molecule has 0 aliphatic carbocycles. The van der Waals surface area contributed by atoms with Crippen LogP contribution in [-0.2, 0) is 12.8 Å². The zero-order valence-corrected chi connectivity index (χ0v) is 12.5. The summed E-state index contributed by atoms with van der Waals surface area (Å²) in [4.78, 5) is 4.93. The summed E-state index contributed by atoms with van der Waals surface area (Å²) in [5.74, 6) is 5.77. The minimum atomic E-state index is -4.66. The zero-order chi connectivity index (χ0) is 16.2. The Morgan fingerprint density at radius 2 is 1.81 bits per heavy atom. The Labute approximate surface area is 122 Å². The van der Waals surface area contributed by atoms with Crippen molar-refractivity contribution in [3.05, 3.63) is 28.3 Å². The maximum absolute atomic E-state index is 12.9. The van der Waals surface area contributed by atoms with E-state index in [9.17, 15) is 13.2 Å². The fourth-order valence-corrected chi connectivity index (χ4v) is 2.44. The number of aryl methyl sites for hydroxylation is 1. The highest BCUT2D eigenvalue weighted by molar-refractivity contribution is 6.04. The molecule has 1 aromatic carbocycles. The van der Waals surface area contributed by atoms with Crippen molar-refractivity contribution in [1.82, 2.24) is 0 Å². The first kappa shape index (κ1) is 17.5. The summed E-state index contributed by atoms with van der Waals surface area (Å²) in [6.07, 6.45) is -2.03. The number of nitrogens with two attached hydrogens (primary N) is 1. The van der Waals surface area contributed by atoms with Crippen LogP contribution in [0.1, 0.15) is 48.9 Å². The Morgan fingerprint density at radius 1 is 1.24 bits per heavy atom. The van der Waals surface area contributed by atoms with E-state index in [1.165, 1.54) is 6.07 Å². The molecular weight excluding hydrogens is 281 g/mol. The summed E-state index contributed by atoms with van der Waals surface area (Å²) >= 11 is 0. The molecule has 0 saturated heterocycles. The molecule has 0 aliphatic rings. The third kappa shape index (κ3) is 3.75. The van der Waals surface area contributed by atoms with E-state index < -0.39 is 11.9 Å². The molecule has 0 atom stereocenters. The molecule has 21 heavy (non-hydrogen) atoms. The third-order valence-corrected chi connectivity index (χ3v) is 3.43. The van der Waals surface area contributed by atoms with Crippen LogP contribution in [0.5, 0.6) is 5.75 Å². The molecule has 0 fully saturated rings. The van der Waals surface area contributed by atoms with Crippen LogP contribution in [0.4, 0.5) is 13.2 Å². The van der Waals surface area contributed by atoms with Crippen LogP contribution >= 0.6 is 0 Å². The van der Waals surface area contributed by atoms with Gasteiger partial charge < -0.3 is 4.84 Å². The SMILES string of the molecule is CCCc1cc(C(=N)C(F)(F)F)c(C)c(CCC)c1ON. The van der Waals surface area contributed by atoms with Gasteiger partial charge in [0.1, 0.15) is 5.71 Å². The Morgan fingerprint density at radius 3 is 2.24 bits per heavy atom. The molecule has 0 bridgehead atoms. The van der Waals surface area contributed by atoms with E-state index in [0.717, 1.165) is 12.8 Å². The Hall–Kier alpha value is -1.56. The van der Waals surface area contributed by atoms with Crippen molar-refractivity contribution in [1.29, 1.82) is 5.41 Å². The van der Waals surface area contributed by atoms with Crippen molar-refractivity contribution in [2.45, 2.75) is 52.6 Å². The number of benzene rings is 1. The molecule has 118 valence electrons. The lowest BCUT2D eigenvalue weighted by molar-refractivity contribution is -0.0588. The van der Waals surface area contributed by atoms with Crippen molar-refractivity contribution in [2.24, 2.45) is 5.90 Å². The lowest BCUT2D eigenvalue weighted by atomic mass is 9.90. The topological polar surface area (TPSA) is 59.1 Å². The van der Waals surface area contributed by atoms with Crippen LogP contribution in [0.3, 0.4) is 0 Å². The number of nitrogens with one attached hydrogen (secondary N) is 1. The van der Waals surface area contributed by atoms with Gasteiger partial charge in [-0.1, -0.05) is 26.7 Å². The second kappa shape index (κ2) is 6.93. The monoisotopic (exact) mass is 302 g/mol. The van der Waals surface area contributed by atoms with Gasteiger partial charge in [0.05, 0.1) is 0 Å². The van der Waals surface area contributed by atoms with Crippen molar-refractivity contribution in [3.63, 3.8) is 0 Å². The molecule has 0 unspecified atom stereocenters. The predicted octanol–water partition coefficient (Wildman–Crippen LogP) is 4.08. The molecule has 0 amide bonds.